The maximum atomic E-state index is 11.9. The van der Waals surface area contributed by atoms with Gasteiger partial charge in [0.2, 0.25) is 10.0 Å². The molecule has 6 nitrogen and oxygen atoms in total. The van der Waals surface area contributed by atoms with E-state index in [1.54, 1.807) is 29.8 Å². The molecule has 0 saturated heterocycles. The molecule has 1 heterocycles. The van der Waals surface area contributed by atoms with Crippen molar-refractivity contribution in [3.63, 3.8) is 0 Å². The molecule has 0 radical (unpaired) electrons. The van der Waals surface area contributed by atoms with E-state index < -0.39 is 10.0 Å². The quantitative estimate of drug-likeness (QED) is 0.752. The summed E-state index contributed by atoms with van der Waals surface area (Å²) in [4.78, 5) is 4.99. The standard InChI is InChI=1S/C13H17N3O3S2/c1-10-13(20-9-15-10)8-16-21(17,18)7-6-19-12-4-2-11(14)3-5-12/h2-5,9,16H,6-8,14H2,1H3. The van der Waals surface area contributed by atoms with E-state index >= 15 is 0 Å². The Morgan fingerprint density at radius 1 is 1.33 bits per heavy atom. The number of nitrogen functional groups attached to an aromatic ring is 1. The summed E-state index contributed by atoms with van der Waals surface area (Å²) >= 11 is 1.43. The maximum absolute atomic E-state index is 11.9. The molecule has 0 unspecified atom stereocenters. The van der Waals surface area contributed by atoms with E-state index in [0.29, 0.717) is 11.4 Å². The molecular formula is C13H17N3O3S2. The van der Waals surface area contributed by atoms with Gasteiger partial charge in [0.15, 0.2) is 0 Å². The van der Waals surface area contributed by atoms with Crippen molar-refractivity contribution in [2.45, 2.75) is 13.5 Å². The number of nitrogens with one attached hydrogen (secondary N) is 1. The summed E-state index contributed by atoms with van der Waals surface area (Å²) in [5.41, 5.74) is 8.74. The molecule has 1 aromatic carbocycles. The second-order valence-electron chi connectivity index (χ2n) is 4.42. The molecule has 0 amide bonds. The number of aromatic nitrogens is 1. The first-order valence-corrected chi connectivity index (χ1v) is 8.84. The van der Waals surface area contributed by atoms with E-state index in [4.69, 9.17) is 10.5 Å². The number of ether oxygens (including phenoxy) is 1. The van der Waals surface area contributed by atoms with Gasteiger partial charge >= 0.3 is 0 Å². The number of sulfonamides is 1. The molecule has 0 bridgehead atoms. The normalized spacial score (nSPS) is 11.5. The lowest BCUT2D eigenvalue weighted by atomic mass is 10.3. The lowest BCUT2D eigenvalue weighted by molar-refractivity contribution is 0.340. The Morgan fingerprint density at radius 3 is 2.67 bits per heavy atom. The van der Waals surface area contributed by atoms with Crippen LogP contribution in [-0.2, 0) is 16.6 Å². The Balaban J connectivity index is 1.78. The molecule has 8 heteroatoms. The highest BCUT2D eigenvalue weighted by atomic mass is 32.2. The smallest absolute Gasteiger partial charge is 0.215 e. The molecule has 0 fully saturated rings. The third-order valence-corrected chi connectivity index (χ3v) is 5.02. The molecule has 114 valence electrons. The Bertz CT molecular complexity index is 681. The zero-order valence-electron chi connectivity index (χ0n) is 11.6. The monoisotopic (exact) mass is 327 g/mol. The number of benzene rings is 1. The summed E-state index contributed by atoms with van der Waals surface area (Å²) in [6.07, 6.45) is 0. The van der Waals surface area contributed by atoms with Gasteiger partial charge in [-0.2, -0.15) is 0 Å². The summed E-state index contributed by atoms with van der Waals surface area (Å²) in [7, 11) is -3.37. The molecule has 0 atom stereocenters. The molecule has 1 aromatic heterocycles. The predicted octanol–water partition coefficient (Wildman–Crippen LogP) is 1.53. The van der Waals surface area contributed by atoms with Crippen molar-refractivity contribution in [1.82, 2.24) is 9.71 Å². The minimum absolute atomic E-state index is 0.0843. The highest BCUT2D eigenvalue weighted by Gasteiger charge is 2.12. The fourth-order valence-electron chi connectivity index (χ4n) is 1.58. The summed E-state index contributed by atoms with van der Waals surface area (Å²) in [6.45, 7) is 2.20. The van der Waals surface area contributed by atoms with Crippen molar-refractivity contribution in [2.24, 2.45) is 0 Å². The van der Waals surface area contributed by atoms with Crippen LogP contribution in [0.2, 0.25) is 0 Å². The van der Waals surface area contributed by atoms with Crippen molar-refractivity contribution in [2.75, 3.05) is 18.1 Å². The van der Waals surface area contributed by atoms with Crippen LogP contribution >= 0.6 is 11.3 Å². The molecule has 21 heavy (non-hydrogen) atoms. The molecule has 3 N–H and O–H groups in total. The van der Waals surface area contributed by atoms with Gasteiger partial charge in [0.05, 0.1) is 17.0 Å². The minimum atomic E-state index is -3.37. The van der Waals surface area contributed by atoms with E-state index in [1.165, 1.54) is 11.3 Å². The van der Waals surface area contributed by atoms with Crippen molar-refractivity contribution >= 4 is 27.0 Å². The summed E-state index contributed by atoms with van der Waals surface area (Å²) in [6, 6.07) is 6.81. The molecule has 0 aliphatic heterocycles. The van der Waals surface area contributed by atoms with Gasteiger partial charge in [0, 0.05) is 17.1 Å². The fourth-order valence-corrected chi connectivity index (χ4v) is 3.20. The van der Waals surface area contributed by atoms with Gasteiger partial charge in [-0.15, -0.1) is 11.3 Å². The summed E-state index contributed by atoms with van der Waals surface area (Å²) < 4.78 is 31.6. The number of thiazole rings is 1. The Morgan fingerprint density at radius 2 is 2.05 bits per heavy atom. The summed E-state index contributed by atoms with van der Waals surface area (Å²) in [5, 5.41) is 0. The molecule has 2 aromatic rings. The fraction of sp³-hybridized carbons (Fsp3) is 0.308. The van der Waals surface area contributed by atoms with Crippen LogP contribution in [0.3, 0.4) is 0 Å². The van der Waals surface area contributed by atoms with Crippen LogP contribution in [0.15, 0.2) is 29.8 Å². The van der Waals surface area contributed by atoms with Gasteiger partial charge in [-0.3, -0.25) is 0 Å². The van der Waals surface area contributed by atoms with Crippen LogP contribution in [0.5, 0.6) is 5.75 Å². The zero-order chi connectivity index (χ0) is 15.3. The van der Waals surface area contributed by atoms with Crippen LogP contribution in [0.4, 0.5) is 5.69 Å². The second-order valence-corrected chi connectivity index (χ2v) is 7.28. The summed E-state index contributed by atoms with van der Waals surface area (Å²) in [5.74, 6) is 0.493. The number of hydrogen-bond acceptors (Lipinski definition) is 6. The van der Waals surface area contributed by atoms with Crippen molar-refractivity contribution in [3.8, 4) is 5.75 Å². The number of hydrogen-bond donors (Lipinski definition) is 2. The van der Waals surface area contributed by atoms with Gasteiger partial charge in [0.25, 0.3) is 0 Å². The van der Waals surface area contributed by atoms with Crippen molar-refractivity contribution in [3.05, 3.63) is 40.3 Å². The SMILES string of the molecule is Cc1ncsc1CNS(=O)(=O)CCOc1ccc(N)cc1. The predicted molar refractivity (Wildman–Crippen MR) is 83.8 cm³/mol. The molecule has 0 aliphatic rings. The molecule has 0 spiro atoms. The van der Waals surface area contributed by atoms with Crippen LogP contribution in [0.1, 0.15) is 10.6 Å². The third kappa shape index (κ3) is 5.00. The molecule has 0 saturated carbocycles. The van der Waals surface area contributed by atoms with Gasteiger partial charge in [-0.1, -0.05) is 0 Å². The van der Waals surface area contributed by atoms with Gasteiger partial charge in [0.1, 0.15) is 12.4 Å². The number of nitrogens with zero attached hydrogens (tertiary/aromatic N) is 1. The van der Waals surface area contributed by atoms with Crippen LogP contribution in [0.25, 0.3) is 0 Å². The third-order valence-electron chi connectivity index (χ3n) is 2.80. The van der Waals surface area contributed by atoms with Gasteiger partial charge < -0.3 is 10.5 Å². The maximum Gasteiger partial charge on any atom is 0.215 e. The van der Waals surface area contributed by atoms with E-state index in [2.05, 4.69) is 9.71 Å². The van der Waals surface area contributed by atoms with Crippen LogP contribution in [0, 0.1) is 6.92 Å². The van der Waals surface area contributed by atoms with Gasteiger partial charge in [-0.25, -0.2) is 18.1 Å². The van der Waals surface area contributed by atoms with E-state index in [1.807, 2.05) is 6.92 Å². The van der Waals surface area contributed by atoms with Crippen LogP contribution < -0.4 is 15.2 Å². The number of anilines is 1. The topological polar surface area (TPSA) is 94.3 Å². The lowest BCUT2D eigenvalue weighted by Crippen LogP contribution is -2.28. The first-order chi connectivity index (χ1) is 9.96. The first kappa shape index (κ1) is 15.7. The van der Waals surface area contributed by atoms with Crippen molar-refractivity contribution in [1.29, 1.82) is 0 Å². The minimum Gasteiger partial charge on any atom is -0.492 e. The number of nitrogens with two attached hydrogens (primary N) is 1. The van der Waals surface area contributed by atoms with E-state index in [0.717, 1.165) is 10.6 Å². The first-order valence-electron chi connectivity index (χ1n) is 6.31. The Kier molecular flexibility index (Phi) is 5.16. The highest BCUT2D eigenvalue weighted by molar-refractivity contribution is 7.89. The molecule has 2 rings (SSSR count). The highest BCUT2D eigenvalue weighted by Crippen LogP contribution is 2.13. The van der Waals surface area contributed by atoms with Crippen molar-refractivity contribution < 1.29 is 13.2 Å². The van der Waals surface area contributed by atoms with Gasteiger partial charge in [-0.05, 0) is 31.2 Å². The Labute approximate surface area is 128 Å². The van der Waals surface area contributed by atoms with E-state index in [-0.39, 0.29) is 18.9 Å². The Hall–Kier alpha value is -1.64. The number of aryl methyl sites for hydroxylation is 1. The average Bonchev–Trinajstić information content (AvgIpc) is 2.84. The molecular weight excluding hydrogens is 310 g/mol. The van der Waals surface area contributed by atoms with E-state index in [9.17, 15) is 8.42 Å². The zero-order valence-corrected chi connectivity index (χ0v) is 13.2. The molecule has 0 aliphatic carbocycles. The average molecular weight is 327 g/mol. The van der Waals surface area contributed by atoms with Crippen LogP contribution in [-0.4, -0.2) is 25.8 Å². The second kappa shape index (κ2) is 6.88. The number of rotatable bonds is 7. The largest absolute Gasteiger partial charge is 0.492 e. The lowest BCUT2D eigenvalue weighted by Gasteiger charge is -2.08.